The minimum absolute atomic E-state index is 0.272. The van der Waals surface area contributed by atoms with Gasteiger partial charge in [0.2, 0.25) is 0 Å². The Bertz CT molecular complexity index is 240. The number of carboxylic acid groups (broad SMARTS) is 1. The first-order valence-corrected chi connectivity index (χ1v) is 5.02. The van der Waals surface area contributed by atoms with Crippen LogP contribution in [0.4, 0.5) is 4.79 Å². The van der Waals surface area contributed by atoms with Crippen LogP contribution in [0.1, 0.15) is 19.3 Å². The van der Waals surface area contributed by atoms with Crippen molar-refractivity contribution in [3.05, 3.63) is 0 Å². The number of hydrogen-bond acceptors (Lipinski definition) is 3. The minimum Gasteiger partial charge on any atom is -0.479 e. The molecular formula is C9H16N2O4. The summed E-state index contributed by atoms with van der Waals surface area (Å²) in [5.74, 6) is -0.783. The summed E-state index contributed by atoms with van der Waals surface area (Å²) in [5.41, 5.74) is 0. The second-order valence-corrected chi connectivity index (χ2v) is 3.74. The summed E-state index contributed by atoms with van der Waals surface area (Å²) in [4.78, 5) is 21.3. The summed E-state index contributed by atoms with van der Waals surface area (Å²) >= 11 is 0. The van der Waals surface area contributed by atoms with Crippen molar-refractivity contribution in [2.75, 3.05) is 13.1 Å². The van der Waals surface area contributed by atoms with E-state index in [4.69, 9.17) is 10.2 Å². The fourth-order valence-corrected chi connectivity index (χ4v) is 1.27. The van der Waals surface area contributed by atoms with Gasteiger partial charge in [0.1, 0.15) is 0 Å². The standard InChI is InChI=1S/C9H16N2O4/c12-7(8(13)14)5-11-9(15)10-4-6-2-1-3-6/h6-7,12H,1-5H2,(H,13,14)(H2,10,11,15). The molecule has 1 atom stereocenters. The van der Waals surface area contributed by atoms with E-state index in [1.54, 1.807) is 0 Å². The number of aliphatic hydroxyl groups is 1. The third-order valence-corrected chi connectivity index (χ3v) is 2.52. The normalized spacial score (nSPS) is 17.7. The number of nitrogens with one attached hydrogen (secondary N) is 2. The Morgan fingerprint density at radius 2 is 2.00 bits per heavy atom. The Kier molecular flexibility index (Phi) is 4.36. The van der Waals surface area contributed by atoms with Crippen LogP contribution in [0.15, 0.2) is 0 Å². The van der Waals surface area contributed by atoms with Gasteiger partial charge >= 0.3 is 12.0 Å². The molecule has 0 aromatic carbocycles. The van der Waals surface area contributed by atoms with Crippen molar-refractivity contribution in [2.24, 2.45) is 5.92 Å². The van der Waals surface area contributed by atoms with Gasteiger partial charge in [0.25, 0.3) is 0 Å². The van der Waals surface area contributed by atoms with Gasteiger partial charge in [-0.05, 0) is 18.8 Å². The molecule has 0 aromatic heterocycles. The monoisotopic (exact) mass is 216 g/mol. The molecule has 1 saturated carbocycles. The molecule has 0 radical (unpaired) electrons. The fourth-order valence-electron chi connectivity index (χ4n) is 1.27. The van der Waals surface area contributed by atoms with E-state index >= 15 is 0 Å². The summed E-state index contributed by atoms with van der Waals surface area (Å²) in [5, 5.41) is 22.1. The van der Waals surface area contributed by atoms with E-state index in [2.05, 4.69) is 10.6 Å². The van der Waals surface area contributed by atoms with E-state index in [1.807, 2.05) is 0 Å². The second kappa shape index (κ2) is 5.55. The number of rotatable bonds is 5. The van der Waals surface area contributed by atoms with E-state index in [-0.39, 0.29) is 6.54 Å². The molecule has 0 bridgehead atoms. The second-order valence-electron chi connectivity index (χ2n) is 3.74. The van der Waals surface area contributed by atoms with Crippen LogP contribution in [0.2, 0.25) is 0 Å². The van der Waals surface area contributed by atoms with Crippen molar-refractivity contribution >= 4 is 12.0 Å². The molecular weight excluding hydrogens is 200 g/mol. The number of carbonyl (C=O) groups is 2. The number of amides is 2. The molecule has 0 spiro atoms. The third-order valence-electron chi connectivity index (χ3n) is 2.52. The highest BCUT2D eigenvalue weighted by molar-refractivity contribution is 5.76. The molecule has 86 valence electrons. The van der Waals surface area contributed by atoms with Gasteiger partial charge in [-0.15, -0.1) is 0 Å². The van der Waals surface area contributed by atoms with Crippen LogP contribution in [0.3, 0.4) is 0 Å². The maximum absolute atomic E-state index is 11.1. The molecule has 4 N–H and O–H groups in total. The van der Waals surface area contributed by atoms with Gasteiger partial charge in [0.15, 0.2) is 6.10 Å². The summed E-state index contributed by atoms with van der Waals surface area (Å²) in [6, 6.07) is -0.429. The number of aliphatic hydroxyl groups excluding tert-OH is 1. The van der Waals surface area contributed by atoms with E-state index in [9.17, 15) is 9.59 Å². The topological polar surface area (TPSA) is 98.7 Å². The zero-order chi connectivity index (χ0) is 11.3. The Hall–Kier alpha value is -1.30. The van der Waals surface area contributed by atoms with Crippen LogP contribution in [0, 0.1) is 5.92 Å². The lowest BCUT2D eigenvalue weighted by molar-refractivity contribution is -0.146. The molecule has 6 nitrogen and oxygen atoms in total. The zero-order valence-corrected chi connectivity index (χ0v) is 8.40. The van der Waals surface area contributed by atoms with Crippen LogP contribution < -0.4 is 10.6 Å². The van der Waals surface area contributed by atoms with Crippen LogP contribution in [0.25, 0.3) is 0 Å². The van der Waals surface area contributed by atoms with Gasteiger partial charge in [-0.2, -0.15) is 0 Å². The molecule has 2 amide bonds. The van der Waals surface area contributed by atoms with Gasteiger partial charge in [0.05, 0.1) is 6.54 Å². The number of urea groups is 1. The van der Waals surface area contributed by atoms with Crippen molar-refractivity contribution in [3.63, 3.8) is 0 Å². The van der Waals surface area contributed by atoms with E-state index in [0.717, 1.165) is 12.8 Å². The molecule has 6 heteroatoms. The van der Waals surface area contributed by atoms with Crippen molar-refractivity contribution < 1.29 is 19.8 Å². The van der Waals surface area contributed by atoms with E-state index in [1.165, 1.54) is 6.42 Å². The SMILES string of the molecule is O=C(NCC1CCC1)NCC(O)C(=O)O. The van der Waals surface area contributed by atoms with Crippen molar-refractivity contribution in [1.29, 1.82) is 0 Å². The van der Waals surface area contributed by atoms with Gasteiger partial charge in [0, 0.05) is 6.54 Å². The van der Waals surface area contributed by atoms with Crippen molar-refractivity contribution in [1.82, 2.24) is 10.6 Å². The van der Waals surface area contributed by atoms with Crippen LogP contribution in [-0.2, 0) is 4.79 Å². The zero-order valence-electron chi connectivity index (χ0n) is 8.40. The summed E-state index contributed by atoms with van der Waals surface area (Å²) in [6.45, 7) is 0.348. The summed E-state index contributed by atoms with van der Waals surface area (Å²) < 4.78 is 0. The first-order chi connectivity index (χ1) is 7.09. The molecule has 1 aliphatic rings. The number of hydrogen-bond donors (Lipinski definition) is 4. The number of carboxylic acids is 1. The highest BCUT2D eigenvalue weighted by atomic mass is 16.4. The summed E-state index contributed by atoms with van der Waals surface area (Å²) in [7, 11) is 0. The first-order valence-electron chi connectivity index (χ1n) is 5.02. The maximum atomic E-state index is 11.1. The number of carbonyl (C=O) groups excluding carboxylic acids is 1. The Balaban J connectivity index is 2.04. The molecule has 15 heavy (non-hydrogen) atoms. The van der Waals surface area contributed by atoms with Crippen molar-refractivity contribution in [2.45, 2.75) is 25.4 Å². The predicted octanol–water partition coefficient (Wildman–Crippen LogP) is -0.469. The minimum atomic E-state index is -1.54. The molecule has 0 saturated heterocycles. The molecule has 1 rings (SSSR count). The lowest BCUT2D eigenvalue weighted by Gasteiger charge is -2.25. The lowest BCUT2D eigenvalue weighted by atomic mass is 9.85. The largest absolute Gasteiger partial charge is 0.479 e. The van der Waals surface area contributed by atoms with E-state index in [0.29, 0.717) is 12.5 Å². The quantitative estimate of drug-likeness (QED) is 0.499. The van der Waals surface area contributed by atoms with Crippen LogP contribution >= 0.6 is 0 Å². The molecule has 0 aliphatic heterocycles. The maximum Gasteiger partial charge on any atom is 0.334 e. The third kappa shape index (κ3) is 4.16. The number of aliphatic carboxylic acids is 1. The van der Waals surface area contributed by atoms with E-state index < -0.39 is 18.1 Å². The molecule has 0 aromatic rings. The Morgan fingerprint density at radius 1 is 1.33 bits per heavy atom. The average Bonchev–Trinajstić information content (AvgIpc) is 2.11. The van der Waals surface area contributed by atoms with Gasteiger partial charge < -0.3 is 20.8 Å². The summed E-state index contributed by atoms with van der Waals surface area (Å²) in [6.07, 6.45) is 1.95. The fraction of sp³-hybridized carbons (Fsp3) is 0.778. The molecule has 1 unspecified atom stereocenters. The van der Waals surface area contributed by atoms with Crippen LogP contribution in [-0.4, -0.2) is 41.4 Å². The Morgan fingerprint density at radius 3 is 2.47 bits per heavy atom. The smallest absolute Gasteiger partial charge is 0.334 e. The van der Waals surface area contributed by atoms with Crippen molar-refractivity contribution in [3.8, 4) is 0 Å². The molecule has 1 aliphatic carbocycles. The first kappa shape index (κ1) is 11.8. The molecule has 1 fully saturated rings. The van der Waals surface area contributed by atoms with Crippen LogP contribution in [0.5, 0.6) is 0 Å². The van der Waals surface area contributed by atoms with Gasteiger partial charge in [-0.3, -0.25) is 0 Å². The average molecular weight is 216 g/mol. The highest BCUT2D eigenvalue weighted by Gasteiger charge is 2.18. The Labute approximate surface area is 87.7 Å². The highest BCUT2D eigenvalue weighted by Crippen LogP contribution is 2.24. The molecule has 0 heterocycles. The predicted molar refractivity (Wildman–Crippen MR) is 52.4 cm³/mol. The van der Waals surface area contributed by atoms with Gasteiger partial charge in [-0.1, -0.05) is 6.42 Å². The lowest BCUT2D eigenvalue weighted by Crippen LogP contribution is -2.44. The van der Waals surface area contributed by atoms with Gasteiger partial charge in [-0.25, -0.2) is 9.59 Å².